The van der Waals surface area contributed by atoms with Gasteiger partial charge >= 0.3 is 0 Å². The van der Waals surface area contributed by atoms with Gasteiger partial charge in [-0.15, -0.1) is 11.8 Å². The number of anilines is 1. The quantitative estimate of drug-likeness (QED) is 0.461. The molecule has 1 atom stereocenters. The number of aryl methyl sites for hydroxylation is 1. The first-order valence-corrected chi connectivity index (χ1v) is 11.5. The number of carbonyl (C=O) groups excluding carboxylic acids is 1. The molecule has 1 aliphatic rings. The van der Waals surface area contributed by atoms with E-state index in [1.807, 2.05) is 37.3 Å². The lowest BCUT2D eigenvalue weighted by molar-refractivity contribution is -0.122. The molecule has 0 aliphatic heterocycles. The zero-order chi connectivity index (χ0) is 20.8. The summed E-state index contributed by atoms with van der Waals surface area (Å²) in [5.74, 6) is 1.62. The van der Waals surface area contributed by atoms with Gasteiger partial charge in [-0.05, 0) is 79.6 Å². The molecule has 154 valence electrons. The molecule has 0 spiro atoms. The molecule has 1 amide bonds. The lowest BCUT2D eigenvalue weighted by atomic mass is 9.91. The van der Waals surface area contributed by atoms with E-state index in [9.17, 15) is 4.79 Å². The number of carbonyl (C=O) groups is 1. The Morgan fingerprint density at radius 2 is 1.73 bits per heavy atom. The maximum atomic E-state index is 12.6. The minimum Gasteiger partial charge on any atom is -0.481 e. The van der Waals surface area contributed by atoms with Gasteiger partial charge in [-0.25, -0.2) is 0 Å². The largest absolute Gasteiger partial charge is 0.481 e. The molecule has 0 fully saturated rings. The number of thioether (sulfide) groups is 1. The van der Waals surface area contributed by atoms with Crippen LogP contribution in [-0.4, -0.2) is 12.0 Å². The van der Waals surface area contributed by atoms with Gasteiger partial charge in [0.25, 0.3) is 5.91 Å². The summed E-state index contributed by atoms with van der Waals surface area (Å²) in [6.07, 6.45) is 3.99. The van der Waals surface area contributed by atoms with Crippen molar-refractivity contribution in [2.45, 2.75) is 49.4 Å². The van der Waals surface area contributed by atoms with Crippen molar-refractivity contribution in [3.05, 3.63) is 89.5 Å². The monoisotopic (exact) mass is 417 g/mol. The Hall–Kier alpha value is -2.72. The number of rotatable bonds is 7. The lowest BCUT2D eigenvalue weighted by Crippen LogP contribution is -2.30. The smallest absolute Gasteiger partial charge is 0.265 e. The topological polar surface area (TPSA) is 38.3 Å². The molecular formula is C26H27NO2S. The van der Waals surface area contributed by atoms with E-state index in [0.29, 0.717) is 0 Å². The van der Waals surface area contributed by atoms with Gasteiger partial charge in [-0.3, -0.25) is 4.79 Å². The number of benzene rings is 3. The van der Waals surface area contributed by atoms with Crippen molar-refractivity contribution in [2.24, 2.45) is 0 Å². The van der Waals surface area contributed by atoms with Gasteiger partial charge in [0.05, 0.1) is 0 Å². The van der Waals surface area contributed by atoms with Crippen LogP contribution in [0.5, 0.6) is 5.75 Å². The van der Waals surface area contributed by atoms with Crippen LogP contribution in [0, 0.1) is 0 Å². The molecule has 0 saturated carbocycles. The minimum atomic E-state index is -0.549. The fourth-order valence-electron chi connectivity index (χ4n) is 3.71. The minimum absolute atomic E-state index is 0.130. The van der Waals surface area contributed by atoms with Gasteiger partial charge in [0.1, 0.15) is 5.75 Å². The van der Waals surface area contributed by atoms with Crippen molar-refractivity contribution in [1.29, 1.82) is 0 Å². The highest BCUT2D eigenvalue weighted by Gasteiger charge is 2.19. The summed E-state index contributed by atoms with van der Waals surface area (Å²) in [5, 5.41) is 2.97. The summed E-state index contributed by atoms with van der Waals surface area (Å²) in [4.78, 5) is 13.9. The molecule has 0 radical (unpaired) electrons. The van der Waals surface area contributed by atoms with Crippen LogP contribution in [0.2, 0.25) is 0 Å². The highest BCUT2D eigenvalue weighted by molar-refractivity contribution is 7.98. The summed E-state index contributed by atoms with van der Waals surface area (Å²) in [5.41, 5.74) is 4.64. The van der Waals surface area contributed by atoms with Crippen molar-refractivity contribution < 1.29 is 9.53 Å². The number of amides is 1. The van der Waals surface area contributed by atoms with Crippen molar-refractivity contribution in [1.82, 2.24) is 0 Å². The summed E-state index contributed by atoms with van der Waals surface area (Å²) < 4.78 is 6.04. The summed E-state index contributed by atoms with van der Waals surface area (Å²) in [7, 11) is 0. The van der Waals surface area contributed by atoms with Crippen LogP contribution in [0.4, 0.5) is 5.69 Å². The highest BCUT2D eigenvalue weighted by atomic mass is 32.2. The maximum absolute atomic E-state index is 12.6. The van der Waals surface area contributed by atoms with Gasteiger partial charge in [0.15, 0.2) is 6.10 Å². The number of fused-ring (bicyclic) bond motifs is 1. The molecule has 4 rings (SSSR count). The molecule has 3 aromatic rings. The number of nitrogens with one attached hydrogen (secondary N) is 1. The summed E-state index contributed by atoms with van der Waals surface area (Å²) >= 11 is 1.80. The molecule has 0 heterocycles. The van der Waals surface area contributed by atoms with Gasteiger partial charge in [0.2, 0.25) is 0 Å². The Morgan fingerprint density at radius 1 is 0.967 bits per heavy atom. The Bertz CT molecular complexity index is 986. The van der Waals surface area contributed by atoms with Gasteiger partial charge in [-0.1, -0.05) is 42.5 Å². The number of hydrogen-bond acceptors (Lipinski definition) is 3. The van der Waals surface area contributed by atoms with Gasteiger partial charge < -0.3 is 10.1 Å². The average molecular weight is 418 g/mol. The van der Waals surface area contributed by atoms with E-state index in [1.54, 1.807) is 11.8 Å². The van der Waals surface area contributed by atoms with Crippen molar-refractivity contribution in [3.8, 4) is 5.75 Å². The molecule has 3 nitrogen and oxygen atoms in total. The van der Waals surface area contributed by atoms with Crippen LogP contribution in [0.1, 0.15) is 36.5 Å². The molecule has 4 heteroatoms. The molecule has 1 aliphatic carbocycles. The standard InChI is InChI=1S/C26H27NO2S/c1-19(29-25-13-7-9-21-8-5-6-12-24(21)25)26(28)27-22-16-14-20(15-17-22)18-30-23-10-3-2-4-11-23/h2-4,7,9-11,13-17,19H,5-6,8,12,18H2,1H3,(H,27,28)/t19-/m1/s1. The molecule has 30 heavy (non-hydrogen) atoms. The summed E-state index contributed by atoms with van der Waals surface area (Å²) in [6, 6.07) is 24.6. The lowest BCUT2D eigenvalue weighted by Gasteiger charge is -2.22. The normalized spacial score (nSPS) is 13.9. The number of ether oxygens (including phenoxy) is 1. The SMILES string of the molecule is C[C@@H](Oc1cccc2c1CCCC2)C(=O)Nc1ccc(CSc2ccccc2)cc1. The molecule has 0 saturated heterocycles. The van der Waals surface area contributed by atoms with Crippen molar-refractivity contribution >= 4 is 23.4 Å². The second kappa shape index (κ2) is 9.86. The Balaban J connectivity index is 1.32. The zero-order valence-corrected chi connectivity index (χ0v) is 18.1. The van der Waals surface area contributed by atoms with Crippen LogP contribution in [0.25, 0.3) is 0 Å². The van der Waals surface area contributed by atoms with E-state index < -0.39 is 6.10 Å². The van der Waals surface area contributed by atoms with E-state index >= 15 is 0 Å². The predicted octanol–water partition coefficient (Wildman–Crippen LogP) is 6.26. The van der Waals surface area contributed by atoms with Crippen molar-refractivity contribution in [2.75, 3.05) is 5.32 Å². The maximum Gasteiger partial charge on any atom is 0.265 e. The van der Waals surface area contributed by atoms with Gasteiger partial charge in [0, 0.05) is 16.3 Å². The first-order valence-electron chi connectivity index (χ1n) is 10.5. The van der Waals surface area contributed by atoms with E-state index in [4.69, 9.17) is 4.74 Å². The first kappa shape index (κ1) is 20.5. The Morgan fingerprint density at radius 3 is 2.53 bits per heavy atom. The molecule has 0 aromatic heterocycles. The first-order chi connectivity index (χ1) is 14.7. The zero-order valence-electron chi connectivity index (χ0n) is 17.3. The third-order valence-corrected chi connectivity index (χ3v) is 6.48. The molecule has 0 bridgehead atoms. The fraction of sp³-hybridized carbons (Fsp3) is 0.269. The predicted molar refractivity (Wildman–Crippen MR) is 124 cm³/mol. The molecular weight excluding hydrogens is 390 g/mol. The van der Waals surface area contributed by atoms with Crippen LogP contribution in [0.15, 0.2) is 77.7 Å². The number of hydrogen-bond donors (Lipinski definition) is 1. The fourth-order valence-corrected chi connectivity index (χ4v) is 4.59. The average Bonchev–Trinajstić information content (AvgIpc) is 2.79. The second-order valence-electron chi connectivity index (χ2n) is 7.65. The molecule has 1 N–H and O–H groups in total. The van der Waals surface area contributed by atoms with E-state index in [2.05, 4.69) is 47.8 Å². The van der Waals surface area contributed by atoms with Crippen LogP contribution < -0.4 is 10.1 Å². The molecule has 0 unspecified atom stereocenters. The van der Waals surface area contributed by atoms with Crippen LogP contribution in [-0.2, 0) is 23.4 Å². The summed E-state index contributed by atoms with van der Waals surface area (Å²) in [6.45, 7) is 1.81. The third-order valence-electron chi connectivity index (χ3n) is 5.40. The van der Waals surface area contributed by atoms with Crippen LogP contribution in [0.3, 0.4) is 0 Å². The Labute approximate surface area is 182 Å². The van der Waals surface area contributed by atoms with Gasteiger partial charge in [-0.2, -0.15) is 0 Å². The third kappa shape index (κ3) is 5.25. The highest BCUT2D eigenvalue weighted by Crippen LogP contribution is 2.30. The van der Waals surface area contributed by atoms with Crippen molar-refractivity contribution in [3.63, 3.8) is 0 Å². The second-order valence-corrected chi connectivity index (χ2v) is 8.70. The van der Waals surface area contributed by atoms with E-state index in [-0.39, 0.29) is 5.91 Å². The van der Waals surface area contributed by atoms with Crippen LogP contribution >= 0.6 is 11.8 Å². The Kier molecular flexibility index (Phi) is 6.75. The van der Waals surface area contributed by atoms with E-state index in [1.165, 1.54) is 34.4 Å². The van der Waals surface area contributed by atoms with E-state index in [0.717, 1.165) is 30.0 Å². The molecule has 3 aromatic carbocycles.